The van der Waals surface area contributed by atoms with Gasteiger partial charge in [0.15, 0.2) is 0 Å². The van der Waals surface area contributed by atoms with Crippen LogP contribution in [0, 0.1) is 6.92 Å². The van der Waals surface area contributed by atoms with E-state index in [4.69, 9.17) is 0 Å². The lowest BCUT2D eigenvalue weighted by Crippen LogP contribution is -3.11. The molecule has 1 atom stereocenters. The molecule has 1 rings (SSSR count). The first-order chi connectivity index (χ1) is 8.67. The summed E-state index contributed by atoms with van der Waals surface area (Å²) in [6.45, 7) is 14.2. The molecular formula is C15H30N2S+2. The van der Waals surface area contributed by atoms with Crippen LogP contribution in [0.15, 0.2) is 11.4 Å². The third-order valence-electron chi connectivity index (χ3n) is 3.86. The second-order valence-corrected chi connectivity index (χ2v) is 6.29. The van der Waals surface area contributed by atoms with Crippen LogP contribution < -0.4 is 10.2 Å². The van der Waals surface area contributed by atoms with Gasteiger partial charge in [-0.3, -0.25) is 0 Å². The third kappa shape index (κ3) is 5.51. The van der Waals surface area contributed by atoms with Gasteiger partial charge in [0.25, 0.3) is 0 Å². The molecule has 0 unspecified atom stereocenters. The van der Waals surface area contributed by atoms with Crippen LogP contribution in [0.1, 0.15) is 44.1 Å². The first kappa shape index (κ1) is 15.7. The molecule has 0 bridgehead atoms. The summed E-state index contributed by atoms with van der Waals surface area (Å²) in [7, 11) is 0. The average Bonchev–Trinajstić information content (AvgIpc) is 2.78. The largest absolute Gasteiger partial charge is 0.340 e. The molecule has 0 saturated heterocycles. The van der Waals surface area contributed by atoms with E-state index in [1.807, 2.05) is 11.3 Å². The van der Waals surface area contributed by atoms with Crippen molar-refractivity contribution in [2.24, 2.45) is 0 Å². The van der Waals surface area contributed by atoms with Crippen LogP contribution in [0.2, 0.25) is 0 Å². The summed E-state index contributed by atoms with van der Waals surface area (Å²) in [6, 6.07) is 2.98. The predicted molar refractivity (Wildman–Crippen MR) is 80.3 cm³/mol. The summed E-state index contributed by atoms with van der Waals surface area (Å²) in [5.41, 5.74) is 1.45. The van der Waals surface area contributed by atoms with Crippen LogP contribution >= 0.6 is 11.3 Å². The zero-order valence-corrected chi connectivity index (χ0v) is 13.3. The van der Waals surface area contributed by atoms with Crippen molar-refractivity contribution in [1.82, 2.24) is 0 Å². The Morgan fingerprint density at radius 3 is 2.61 bits per heavy atom. The van der Waals surface area contributed by atoms with Crippen molar-refractivity contribution >= 4 is 11.3 Å². The Bertz CT molecular complexity index is 318. The number of hydrogen-bond acceptors (Lipinski definition) is 1. The second kappa shape index (κ2) is 8.68. The van der Waals surface area contributed by atoms with Crippen molar-refractivity contribution < 1.29 is 10.2 Å². The number of nitrogens with one attached hydrogen (secondary N) is 1. The molecule has 1 aromatic heterocycles. The van der Waals surface area contributed by atoms with Crippen molar-refractivity contribution in [3.05, 3.63) is 21.9 Å². The molecule has 3 heteroatoms. The molecule has 0 aromatic carbocycles. The molecule has 104 valence electrons. The molecule has 1 aromatic rings. The molecule has 0 aliphatic carbocycles. The molecule has 1 heterocycles. The topological polar surface area (TPSA) is 21.1 Å². The number of quaternary nitrogens is 2. The van der Waals surface area contributed by atoms with Gasteiger partial charge in [-0.25, -0.2) is 0 Å². The fourth-order valence-electron chi connectivity index (χ4n) is 2.32. The van der Waals surface area contributed by atoms with Crippen LogP contribution in [0.3, 0.4) is 0 Å². The quantitative estimate of drug-likeness (QED) is 0.673. The monoisotopic (exact) mass is 270 g/mol. The van der Waals surface area contributed by atoms with Gasteiger partial charge in [-0.2, -0.15) is 0 Å². The van der Waals surface area contributed by atoms with Crippen LogP contribution in [0.4, 0.5) is 0 Å². The van der Waals surface area contributed by atoms with Crippen molar-refractivity contribution in [2.45, 2.75) is 53.1 Å². The second-order valence-electron chi connectivity index (χ2n) is 5.29. The number of aryl methyl sites for hydroxylation is 1. The van der Waals surface area contributed by atoms with Gasteiger partial charge in [0.05, 0.1) is 30.6 Å². The van der Waals surface area contributed by atoms with E-state index in [2.05, 4.69) is 44.5 Å². The molecule has 3 N–H and O–H groups in total. The summed E-state index contributed by atoms with van der Waals surface area (Å²) >= 11 is 1.89. The molecule has 2 nitrogen and oxygen atoms in total. The van der Waals surface area contributed by atoms with Crippen molar-refractivity contribution in [3.8, 4) is 0 Å². The van der Waals surface area contributed by atoms with Crippen LogP contribution in [-0.4, -0.2) is 25.7 Å². The highest BCUT2D eigenvalue weighted by molar-refractivity contribution is 7.10. The van der Waals surface area contributed by atoms with Gasteiger partial charge in [0, 0.05) is 12.8 Å². The Labute approximate surface area is 116 Å². The molecule has 0 spiro atoms. The Kier molecular flexibility index (Phi) is 7.56. The Morgan fingerprint density at radius 1 is 1.33 bits per heavy atom. The first-order valence-corrected chi connectivity index (χ1v) is 8.25. The smallest absolute Gasteiger partial charge is 0.111 e. The highest BCUT2D eigenvalue weighted by Crippen LogP contribution is 2.13. The maximum absolute atomic E-state index is 2.50. The van der Waals surface area contributed by atoms with E-state index < -0.39 is 0 Å². The number of thiophene rings is 1. The van der Waals surface area contributed by atoms with Crippen molar-refractivity contribution in [1.29, 1.82) is 0 Å². The number of hydrogen-bond donors (Lipinski definition) is 2. The normalized spacial score (nSPS) is 13.2. The summed E-state index contributed by atoms with van der Waals surface area (Å²) < 4.78 is 0. The lowest BCUT2D eigenvalue weighted by molar-refractivity contribution is -0.896. The average molecular weight is 270 g/mol. The molecule has 0 fully saturated rings. The standard InChI is InChI=1S/C15H28N2S/c1-5-17(6-2)10-7-8-14(4)16-12-15-13(3)9-11-18-15/h9,11,14,16H,5-8,10,12H2,1-4H3/p+2/t14-/m0/s1. The predicted octanol–water partition coefficient (Wildman–Crippen LogP) is 1.21. The van der Waals surface area contributed by atoms with Crippen LogP contribution in [0.25, 0.3) is 0 Å². The van der Waals surface area contributed by atoms with Crippen LogP contribution in [-0.2, 0) is 6.54 Å². The minimum absolute atomic E-state index is 0.751. The molecule has 0 radical (unpaired) electrons. The van der Waals surface area contributed by atoms with E-state index in [-0.39, 0.29) is 0 Å². The first-order valence-electron chi connectivity index (χ1n) is 7.37. The maximum Gasteiger partial charge on any atom is 0.111 e. The number of rotatable bonds is 9. The lowest BCUT2D eigenvalue weighted by atomic mass is 10.1. The van der Waals surface area contributed by atoms with Gasteiger partial charge < -0.3 is 10.2 Å². The Hall–Kier alpha value is -0.380. The zero-order valence-electron chi connectivity index (χ0n) is 12.5. The van der Waals surface area contributed by atoms with Crippen molar-refractivity contribution in [3.63, 3.8) is 0 Å². The SMILES string of the molecule is CC[NH+](CC)CCC[C@H](C)[NH2+]Cc1sccc1C. The van der Waals surface area contributed by atoms with Gasteiger partial charge in [0.2, 0.25) is 0 Å². The summed E-state index contributed by atoms with van der Waals surface area (Å²) in [5.74, 6) is 0. The molecular weight excluding hydrogens is 240 g/mol. The minimum atomic E-state index is 0.751. The molecule has 0 amide bonds. The van der Waals surface area contributed by atoms with Crippen molar-refractivity contribution in [2.75, 3.05) is 19.6 Å². The maximum atomic E-state index is 2.50. The molecule has 0 aliphatic heterocycles. The van der Waals surface area contributed by atoms with E-state index in [0.717, 1.165) is 12.6 Å². The van der Waals surface area contributed by atoms with E-state index in [1.165, 1.54) is 42.9 Å². The fraction of sp³-hybridized carbons (Fsp3) is 0.733. The minimum Gasteiger partial charge on any atom is -0.340 e. The Balaban J connectivity index is 2.14. The van der Waals surface area contributed by atoms with Gasteiger partial charge >= 0.3 is 0 Å². The highest BCUT2D eigenvalue weighted by Gasteiger charge is 2.09. The Morgan fingerprint density at radius 2 is 2.06 bits per heavy atom. The van der Waals surface area contributed by atoms with E-state index in [1.54, 1.807) is 4.90 Å². The van der Waals surface area contributed by atoms with E-state index in [0.29, 0.717) is 0 Å². The molecule has 0 saturated carbocycles. The van der Waals surface area contributed by atoms with Gasteiger partial charge in [-0.1, -0.05) is 0 Å². The van der Waals surface area contributed by atoms with Gasteiger partial charge in [-0.05, 0) is 44.7 Å². The zero-order chi connectivity index (χ0) is 13.4. The van der Waals surface area contributed by atoms with Gasteiger partial charge in [0.1, 0.15) is 6.54 Å². The highest BCUT2D eigenvalue weighted by atomic mass is 32.1. The third-order valence-corrected chi connectivity index (χ3v) is 4.91. The molecule has 0 aliphatic rings. The van der Waals surface area contributed by atoms with Gasteiger partial charge in [-0.15, -0.1) is 11.3 Å². The number of nitrogens with two attached hydrogens (primary N) is 1. The van der Waals surface area contributed by atoms with Crippen LogP contribution in [0.5, 0.6) is 0 Å². The summed E-state index contributed by atoms with van der Waals surface area (Å²) in [5, 5.41) is 4.70. The van der Waals surface area contributed by atoms with E-state index in [9.17, 15) is 0 Å². The lowest BCUT2D eigenvalue weighted by Gasteiger charge is -2.16. The summed E-state index contributed by atoms with van der Waals surface area (Å²) in [6.07, 6.45) is 2.70. The fourth-order valence-corrected chi connectivity index (χ4v) is 3.20. The molecule has 18 heavy (non-hydrogen) atoms. The van der Waals surface area contributed by atoms with E-state index >= 15 is 0 Å². The summed E-state index contributed by atoms with van der Waals surface area (Å²) in [4.78, 5) is 3.27.